The van der Waals surface area contributed by atoms with Gasteiger partial charge in [0.05, 0.1) is 5.69 Å². The Kier molecular flexibility index (Phi) is 2.81. The number of dihydropyridines is 1. The van der Waals surface area contributed by atoms with Crippen LogP contribution in [-0.2, 0) is 11.3 Å². The van der Waals surface area contributed by atoms with E-state index >= 15 is 0 Å². The average molecular weight is 188 g/mol. The Morgan fingerprint density at radius 1 is 1.43 bits per heavy atom. The van der Waals surface area contributed by atoms with Crippen molar-refractivity contribution < 1.29 is 4.74 Å². The van der Waals surface area contributed by atoms with Crippen molar-refractivity contribution in [3.8, 4) is 0 Å². The minimum absolute atomic E-state index is 0.525. The van der Waals surface area contributed by atoms with Gasteiger partial charge in [-0.15, -0.1) is 0 Å². The Morgan fingerprint density at radius 2 is 2.43 bits per heavy atom. The van der Waals surface area contributed by atoms with Crippen LogP contribution in [-0.4, -0.2) is 11.5 Å². The largest absolute Gasteiger partial charge is 0.488 e. The van der Waals surface area contributed by atoms with Crippen molar-refractivity contribution in [3.63, 3.8) is 0 Å². The van der Waals surface area contributed by atoms with Crippen molar-refractivity contribution in [2.75, 3.05) is 6.54 Å². The number of allylic oxidation sites excluding steroid dienone is 1. The van der Waals surface area contributed by atoms with Crippen LogP contribution < -0.4 is 5.32 Å². The molecule has 0 fully saturated rings. The molecule has 0 amide bonds. The van der Waals surface area contributed by atoms with E-state index in [1.807, 2.05) is 36.6 Å². The molecule has 3 nitrogen and oxygen atoms in total. The second-order valence-corrected chi connectivity index (χ2v) is 2.96. The summed E-state index contributed by atoms with van der Waals surface area (Å²) in [6.07, 6.45) is 7.56. The third kappa shape index (κ3) is 2.36. The molecule has 1 N–H and O–H groups in total. The van der Waals surface area contributed by atoms with Gasteiger partial charge in [0.2, 0.25) is 0 Å². The van der Waals surface area contributed by atoms with Gasteiger partial charge in [-0.05, 0) is 24.3 Å². The topological polar surface area (TPSA) is 34.1 Å². The summed E-state index contributed by atoms with van der Waals surface area (Å²) in [6.45, 7) is 1.35. The van der Waals surface area contributed by atoms with Crippen LogP contribution in [0.2, 0.25) is 0 Å². The Balaban J connectivity index is 1.88. The summed E-state index contributed by atoms with van der Waals surface area (Å²) in [5, 5.41) is 3.06. The number of nitrogens with one attached hydrogen (secondary N) is 1. The average Bonchev–Trinajstić information content (AvgIpc) is 2.29. The fraction of sp³-hybridized carbons (Fsp3) is 0.182. The monoisotopic (exact) mass is 188 g/mol. The zero-order valence-electron chi connectivity index (χ0n) is 7.81. The zero-order chi connectivity index (χ0) is 9.64. The van der Waals surface area contributed by atoms with Crippen LogP contribution in [0.1, 0.15) is 5.69 Å². The van der Waals surface area contributed by atoms with E-state index in [-0.39, 0.29) is 0 Å². The molecule has 0 bridgehead atoms. The maximum absolute atomic E-state index is 5.54. The predicted molar refractivity (Wildman–Crippen MR) is 54.3 cm³/mol. The molecule has 0 aromatic carbocycles. The normalized spacial score (nSPS) is 14.4. The van der Waals surface area contributed by atoms with Gasteiger partial charge in [0.1, 0.15) is 12.4 Å². The molecular formula is C11H12N2O. The molecule has 0 unspecified atom stereocenters. The molecule has 2 heterocycles. The minimum Gasteiger partial charge on any atom is -0.488 e. The summed E-state index contributed by atoms with van der Waals surface area (Å²) in [7, 11) is 0. The molecule has 1 aliphatic rings. The third-order valence-corrected chi connectivity index (χ3v) is 1.90. The predicted octanol–water partition coefficient (Wildman–Crippen LogP) is 1.60. The van der Waals surface area contributed by atoms with E-state index in [2.05, 4.69) is 10.3 Å². The first-order chi connectivity index (χ1) is 6.95. The standard InChI is InChI=1S/C11H12N2O/c1-2-6-13-10(3-1)9-14-11-4-7-12-8-5-11/h1-7,12H,8-9H2. The highest BCUT2D eigenvalue weighted by Crippen LogP contribution is 2.06. The van der Waals surface area contributed by atoms with E-state index < -0.39 is 0 Å². The van der Waals surface area contributed by atoms with E-state index in [1.54, 1.807) is 6.20 Å². The molecule has 14 heavy (non-hydrogen) atoms. The summed E-state index contributed by atoms with van der Waals surface area (Å²) in [5.41, 5.74) is 0.945. The molecule has 0 saturated heterocycles. The Hall–Kier alpha value is -1.77. The molecule has 0 spiro atoms. The molecule has 0 aliphatic carbocycles. The van der Waals surface area contributed by atoms with Gasteiger partial charge < -0.3 is 10.1 Å². The first-order valence-electron chi connectivity index (χ1n) is 4.58. The van der Waals surface area contributed by atoms with Crippen LogP contribution in [0.5, 0.6) is 0 Å². The molecule has 2 rings (SSSR count). The first kappa shape index (κ1) is 8.81. The number of hydrogen-bond acceptors (Lipinski definition) is 3. The number of aromatic nitrogens is 1. The summed E-state index contributed by atoms with van der Waals surface area (Å²) in [6, 6.07) is 5.80. The molecule has 1 aliphatic heterocycles. The molecule has 1 aromatic rings. The van der Waals surface area contributed by atoms with Crippen LogP contribution in [0, 0.1) is 0 Å². The molecule has 1 aromatic heterocycles. The van der Waals surface area contributed by atoms with Gasteiger partial charge in [-0.1, -0.05) is 6.07 Å². The second kappa shape index (κ2) is 4.46. The fourth-order valence-corrected chi connectivity index (χ4v) is 1.18. The third-order valence-electron chi connectivity index (χ3n) is 1.90. The summed E-state index contributed by atoms with van der Waals surface area (Å²) in [5.74, 6) is 0.898. The van der Waals surface area contributed by atoms with Crippen LogP contribution >= 0.6 is 0 Å². The van der Waals surface area contributed by atoms with Gasteiger partial charge in [-0.3, -0.25) is 4.98 Å². The quantitative estimate of drug-likeness (QED) is 0.782. The SMILES string of the molecule is C1=CC(OCc2ccccn2)=CCN1. The van der Waals surface area contributed by atoms with Crippen LogP contribution in [0.4, 0.5) is 0 Å². The van der Waals surface area contributed by atoms with Crippen LogP contribution in [0.25, 0.3) is 0 Å². The van der Waals surface area contributed by atoms with E-state index in [4.69, 9.17) is 4.74 Å². The van der Waals surface area contributed by atoms with Crippen LogP contribution in [0.3, 0.4) is 0 Å². The highest BCUT2D eigenvalue weighted by atomic mass is 16.5. The number of hydrogen-bond donors (Lipinski definition) is 1. The lowest BCUT2D eigenvalue weighted by Crippen LogP contribution is -2.09. The van der Waals surface area contributed by atoms with Gasteiger partial charge in [-0.2, -0.15) is 0 Å². The summed E-state index contributed by atoms with van der Waals surface area (Å²) in [4.78, 5) is 4.17. The highest BCUT2D eigenvalue weighted by molar-refractivity contribution is 5.16. The zero-order valence-corrected chi connectivity index (χ0v) is 7.81. The molecule has 0 atom stereocenters. The van der Waals surface area contributed by atoms with Gasteiger partial charge >= 0.3 is 0 Å². The van der Waals surface area contributed by atoms with Gasteiger partial charge in [0, 0.05) is 18.9 Å². The summed E-state index contributed by atoms with van der Waals surface area (Å²) >= 11 is 0. The molecular weight excluding hydrogens is 176 g/mol. The maximum Gasteiger partial charge on any atom is 0.130 e. The van der Waals surface area contributed by atoms with E-state index in [1.165, 1.54) is 0 Å². The number of rotatable bonds is 3. The number of nitrogens with zero attached hydrogens (tertiary/aromatic N) is 1. The second-order valence-electron chi connectivity index (χ2n) is 2.96. The van der Waals surface area contributed by atoms with Crippen molar-refractivity contribution in [2.24, 2.45) is 0 Å². The first-order valence-corrected chi connectivity index (χ1v) is 4.58. The lowest BCUT2D eigenvalue weighted by molar-refractivity contribution is 0.205. The summed E-state index contributed by atoms with van der Waals surface area (Å²) < 4.78 is 5.54. The van der Waals surface area contributed by atoms with Crippen molar-refractivity contribution in [1.29, 1.82) is 0 Å². The number of ether oxygens (including phenoxy) is 1. The maximum atomic E-state index is 5.54. The Labute approximate surface area is 83.1 Å². The van der Waals surface area contributed by atoms with Gasteiger partial charge in [0.25, 0.3) is 0 Å². The fourth-order valence-electron chi connectivity index (χ4n) is 1.18. The lowest BCUT2D eigenvalue weighted by Gasteiger charge is -2.09. The van der Waals surface area contributed by atoms with Gasteiger partial charge in [-0.25, -0.2) is 0 Å². The molecule has 0 saturated carbocycles. The Morgan fingerprint density at radius 3 is 3.14 bits per heavy atom. The lowest BCUT2D eigenvalue weighted by atomic mass is 10.3. The van der Waals surface area contributed by atoms with E-state index in [9.17, 15) is 0 Å². The van der Waals surface area contributed by atoms with Gasteiger partial charge in [0.15, 0.2) is 0 Å². The molecule has 0 radical (unpaired) electrons. The molecule has 3 heteroatoms. The van der Waals surface area contributed by atoms with Crippen molar-refractivity contribution >= 4 is 0 Å². The van der Waals surface area contributed by atoms with E-state index in [0.29, 0.717) is 6.61 Å². The number of pyridine rings is 1. The minimum atomic E-state index is 0.525. The van der Waals surface area contributed by atoms with Crippen molar-refractivity contribution in [2.45, 2.75) is 6.61 Å². The smallest absolute Gasteiger partial charge is 0.130 e. The Bertz CT molecular complexity index is 344. The van der Waals surface area contributed by atoms with Crippen molar-refractivity contribution in [1.82, 2.24) is 10.3 Å². The van der Waals surface area contributed by atoms with E-state index in [0.717, 1.165) is 18.0 Å². The van der Waals surface area contributed by atoms with Crippen LogP contribution in [0.15, 0.2) is 48.5 Å². The highest BCUT2D eigenvalue weighted by Gasteiger charge is 1.98. The molecule has 72 valence electrons. The van der Waals surface area contributed by atoms with Crippen molar-refractivity contribution in [3.05, 3.63) is 54.2 Å².